The first-order chi connectivity index (χ1) is 15.0. The van der Waals surface area contributed by atoms with Gasteiger partial charge in [-0.1, -0.05) is 32.8 Å². The molecule has 1 aromatic rings. The number of halogens is 2. The minimum Gasteiger partial charge on any atom is -0.402 e. The van der Waals surface area contributed by atoms with Crippen molar-refractivity contribution in [3.8, 4) is 0 Å². The summed E-state index contributed by atoms with van der Waals surface area (Å²) in [5.41, 5.74) is 7.71. The van der Waals surface area contributed by atoms with Crippen LogP contribution in [0.5, 0.6) is 0 Å². The first-order valence-corrected chi connectivity index (χ1v) is 11.5. The van der Waals surface area contributed by atoms with Crippen LogP contribution in [0.25, 0.3) is 0 Å². The number of rotatable bonds is 9. The molecule has 1 aliphatic rings. The second kappa shape index (κ2) is 14.0. The first kappa shape index (κ1) is 25.1. The van der Waals surface area contributed by atoms with Crippen LogP contribution in [-0.2, 0) is 12.8 Å². The molecule has 1 aliphatic heterocycles. The van der Waals surface area contributed by atoms with Crippen molar-refractivity contribution in [3.05, 3.63) is 58.9 Å². The van der Waals surface area contributed by atoms with E-state index in [1.54, 1.807) is 0 Å². The van der Waals surface area contributed by atoms with Crippen molar-refractivity contribution in [2.24, 2.45) is 16.6 Å². The summed E-state index contributed by atoms with van der Waals surface area (Å²) in [4.78, 5) is 4.46. The zero-order valence-electron chi connectivity index (χ0n) is 18.9. The molecule has 4 N–H and O–H groups in total. The van der Waals surface area contributed by atoms with Crippen molar-refractivity contribution in [1.82, 2.24) is 10.6 Å². The molecule has 31 heavy (non-hydrogen) atoms. The molecule has 1 heterocycles. The Balaban J connectivity index is 1.80. The topological polar surface area (TPSA) is 62.4 Å². The molecule has 1 atom stereocenters. The Bertz CT molecular complexity index is 735. The maximum atomic E-state index is 14.2. The summed E-state index contributed by atoms with van der Waals surface area (Å²) in [5.74, 6) is -0.440. The van der Waals surface area contributed by atoms with Gasteiger partial charge < -0.3 is 11.1 Å². The molecule has 1 aromatic carbocycles. The van der Waals surface area contributed by atoms with Crippen LogP contribution in [-0.4, -0.2) is 26.0 Å². The molecule has 0 fully saturated rings. The summed E-state index contributed by atoms with van der Waals surface area (Å²) in [5, 5.41) is 6.84. The van der Waals surface area contributed by atoms with E-state index >= 15 is 0 Å². The van der Waals surface area contributed by atoms with Gasteiger partial charge in [0.25, 0.3) is 0 Å². The fourth-order valence-electron chi connectivity index (χ4n) is 3.96. The van der Waals surface area contributed by atoms with Gasteiger partial charge in [0.15, 0.2) is 0 Å². The van der Waals surface area contributed by atoms with Gasteiger partial charge in [-0.25, -0.2) is 8.78 Å². The van der Waals surface area contributed by atoms with Crippen LogP contribution in [0.15, 0.2) is 41.2 Å². The third kappa shape index (κ3) is 9.64. The van der Waals surface area contributed by atoms with Crippen molar-refractivity contribution < 1.29 is 8.78 Å². The fourth-order valence-corrected chi connectivity index (χ4v) is 3.96. The molecule has 6 heteroatoms. The van der Waals surface area contributed by atoms with Gasteiger partial charge in [0.2, 0.25) is 0 Å². The van der Waals surface area contributed by atoms with E-state index in [2.05, 4.69) is 35.3 Å². The Kier molecular flexibility index (Phi) is 11.3. The van der Waals surface area contributed by atoms with Gasteiger partial charge in [0, 0.05) is 36.6 Å². The SMILES string of the molecule is C=C(N)Cc1c(F)cc(CCCCC2CCNC=C(CCC)C=NCNCC2)cc1F. The lowest BCUT2D eigenvalue weighted by atomic mass is 9.93. The molecule has 0 aromatic heterocycles. The average molecular weight is 433 g/mol. The van der Waals surface area contributed by atoms with Crippen molar-refractivity contribution in [1.29, 1.82) is 0 Å². The van der Waals surface area contributed by atoms with Crippen LogP contribution in [0.1, 0.15) is 63.0 Å². The molecule has 0 saturated carbocycles. The van der Waals surface area contributed by atoms with Crippen LogP contribution in [0.2, 0.25) is 0 Å². The van der Waals surface area contributed by atoms with Gasteiger partial charge in [-0.05, 0) is 67.8 Å². The van der Waals surface area contributed by atoms with E-state index < -0.39 is 11.6 Å². The van der Waals surface area contributed by atoms with E-state index in [4.69, 9.17) is 5.73 Å². The number of nitrogens with zero attached hydrogens (tertiary/aromatic N) is 1. The predicted octanol–water partition coefficient (Wildman–Crippen LogP) is 4.99. The monoisotopic (exact) mass is 432 g/mol. The van der Waals surface area contributed by atoms with Crippen LogP contribution in [0.3, 0.4) is 0 Å². The molecule has 0 saturated heterocycles. The molecular weight excluding hydrogens is 394 g/mol. The summed E-state index contributed by atoms with van der Waals surface area (Å²) in [6.07, 6.45) is 12.2. The lowest BCUT2D eigenvalue weighted by Gasteiger charge is -2.18. The lowest BCUT2D eigenvalue weighted by molar-refractivity contribution is 0.391. The summed E-state index contributed by atoms with van der Waals surface area (Å²) in [6.45, 7) is 8.27. The Labute approximate surface area is 186 Å². The van der Waals surface area contributed by atoms with E-state index in [1.165, 1.54) is 17.7 Å². The van der Waals surface area contributed by atoms with Crippen LogP contribution < -0.4 is 16.4 Å². The lowest BCUT2D eigenvalue weighted by Crippen LogP contribution is -2.21. The van der Waals surface area contributed by atoms with Gasteiger partial charge >= 0.3 is 0 Å². The van der Waals surface area contributed by atoms with Crippen LogP contribution >= 0.6 is 0 Å². The number of hydrogen-bond acceptors (Lipinski definition) is 4. The molecule has 0 spiro atoms. The van der Waals surface area contributed by atoms with E-state index in [9.17, 15) is 8.78 Å². The fraction of sp³-hybridized carbons (Fsp3) is 0.560. The van der Waals surface area contributed by atoms with E-state index in [-0.39, 0.29) is 17.7 Å². The van der Waals surface area contributed by atoms with Gasteiger partial charge in [0.05, 0.1) is 6.67 Å². The summed E-state index contributed by atoms with van der Waals surface area (Å²) >= 11 is 0. The summed E-state index contributed by atoms with van der Waals surface area (Å²) in [6, 6.07) is 2.87. The Morgan fingerprint density at radius 2 is 1.90 bits per heavy atom. The second-order valence-electron chi connectivity index (χ2n) is 8.46. The largest absolute Gasteiger partial charge is 0.402 e. The molecular formula is C25H38F2N4. The highest BCUT2D eigenvalue weighted by atomic mass is 19.1. The van der Waals surface area contributed by atoms with Gasteiger partial charge in [-0.3, -0.25) is 10.3 Å². The average Bonchev–Trinajstić information content (AvgIpc) is 2.71. The highest BCUT2D eigenvalue weighted by molar-refractivity contribution is 5.78. The maximum Gasteiger partial charge on any atom is 0.129 e. The minimum absolute atomic E-state index is 0.00458. The van der Waals surface area contributed by atoms with Crippen LogP contribution in [0.4, 0.5) is 8.78 Å². The highest BCUT2D eigenvalue weighted by Crippen LogP contribution is 2.21. The number of aryl methyl sites for hydroxylation is 1. The van der Waals surface area contributed by atoms with Crippen molar-refractivity contribution in [2.75, 3.05) is 19.8 Å². The zero-order valence-corrected chi connectivity index (χ0v) is 18.9. The van der Waals surface area contributed by atoms with E-state index in [0.29, 0.717) is 24.6 Å². The number of benzene rings is 1. The molecule has 2 rings (SSSR count). The number of unbranched alkanes of at least 4 members (excludes halogenated alkanes) is 1. The van der Waals surface area contributed by atoms with Gasteiger partial charge in [-0.2, -0.15) is 0 Å². The highest BCUT2D eigenvalue weighted by Gasteiger charge is 2.12. The number of hydrogen-bond donors (Lipinski definition) is 3. The van der Waals surface area contributed by atoms with Gasteiger partial charge in [-0.15, -0.1) is 0 Å². The third-order valence-electron chi connectivity index (χ3n) is 5.65. The van der Waals surface area contributed by atoms with E-state index in [0.717, 1.165) is 58.0 Å². The minimum atomic E-state index is -0.531. The van der Waals surface area contributed by atoms with Crippen molar-refractivity contribution in [3.63, 3.8) is 0 Å². The van der Waals surface area contributed by atoms with Gasteiger partial charge in [0.1, 0.15) is 11.6 Å². The number of aliphatic imine (C=N–C) groups is 1. The van der Waals surface area contributed by atoms with Crippen molar-refractivity contribution >= 4 is 6.21 Å². The molecule has 1 unspecified atom stereocenters. The molecule has 172 valence electrons. The Morgan fingerprint density at radius 1 is 1.16 bits per heavy atom. The van der Waals surface area contributed by atoms with Crippen molar-refractivity contribution in [2.45, 2.75) is 64.7 Å². The molecule has 0 radical (unpaired) electrons. The Hall–Kier alpha value is -2.21. The normalized spacial score (nSPS) is 17.9. The smallest absolute Gasteiger partial charge is 0.129 e. The molecule has 0 aliphatic carbocycles. The molecule has 4 nitrogen and oxygen atoms in total. The third-order valence-corrected chi connectivity index (χ3v) is 5.65. The molecule has 0 amide bonds. The maximum absolute atomic E-state index is 14.2. The predicted molar refractivity (Wildman–Crippen MR) is 126 cm³/mol. The summed E-state index contributed by atoms with van der Waals surface area (Å²) < 4.78 is 28.4. The van der Waals surface area contributed by atoms with Crippen LogP contribution in [0, 0.1) is 17.6 Å². The Morgan fingerprint density at radius 3 is 2.61 bits per heavy atom. The van der Waals surface area contributed by atoms with E-state index in [1.807, 2.05) is 6.21 Å². The number of nitrogens with one attached hydrogen (secondary N) is 2. The summed E-state index contributed by atoms with van der Waals surface area (Å²) in [7, 11) is 0. The number of allylic oxidation sites excluding steroid dienone is 2. The number of nitrogens with two attached hydrogens (primary N) is 1. The molecule has 0 bridgehead atoms. The quantitative estimate of drug-likeness (QED) is 0.482. The standard InChI is InChI=1S/C25H38F2N4/c1-3-6-22-16-29-11-9-20(10-12-30-18-31-17-22)7-4-5-8-21-14-24(26)23(13-19(2)28)25(27)15-21/h14-17,20,29-30H,2-13,18,28H2,1H3. The zero-order chi connectivity index (χ0) is 22.5. The first-order valence-electron chi connectivity index (χ1n) is 11.5. The second-order valence-corrected chi connectivity index (χ2v) is 8.46.